The number of rotatable bonds is 19. The summed E-state index contributed by atoms with van der Waals surface area (Å²) in [5.74, 6) is 0. The molecule has 0 aromatic rings. The van der Waals surface area contributed by atoms with Gasteiger partial charge in [0.1, 0.15) is 0 Å². The molecule has 2 atom stereocenters. The number of hydrogen-bond acceptors (Lipinski definition) is 6. The van der Waals surface area contributed by atoms with Crippen LogP contribution in [0.15, 0.2) is 0 Å². The minimum atomic E-state index is -3.55. The second kappa shape index (κ2) is 15.6. The SMILES string of the molecule is CCCCCCC(C)S(=O)(=O)OCCCCOS(=O)(=O)C(C)CCCCCC. The molecule has 0 aromatic heterocycles. The van der Waals surface area contributed by atoms with Crippen LogP contribution in [0.3, 0.4) is 0 Å². The highest BCUT2D eigenvalue weighted by molar-refractivity contribution is 7.87. The molecule has 0 aliphatic carbocycles. The third kappa shape index (κ3) is 13.1. The Morgan fingerprint density at radius 2 is 0.929 bits per heavy atom. The van der Waals surface area contributed by atoms with Gasteiger partial charge in [0.25, 0.3) is 20.2 Å². The smallest absolute Gasteiger partial charge is 0.269 e. The van der Waals surface area contributed by atoms with Gasteiger partial charge in [0, 0.05) is 0 Å². The van der Waals surface area contributed by atoms with Crippen molar-refractivity contribution < 1.29 is 25.2 Å². The zero-order valence-electron chi connectivity index (χ0n) is 18.3. The molecular formula is C20H42O6S2. The summed E-state index contributed by atoms with van der Waals surface area (Å²) in [6.07, 6.45) is 10.4. The third-order valence-electron chi connectivity index (χ3n) is 4.95. The zero-order valence-corrected chi connectivity index (χ0v) is 20.0. The summed E-state index contributed by atoms with van der Waals surface area (Å²) in [6, 6.07) is 0. The quantitative estimate of drug-likeness (QED) is 0.202. The minimum absolute atomic E-state index is 0.0671. The van der Waals surface area contributed by atoms with Crippen LogP contribution < -0.4 is 0 Å². The van der Waals surface area contributed by atoms with Crippen LogP contribution in [0.25, 0.3) is 0 Å². The summed E-state index contributed by atoms with van der Waals surface area (Å²) >= 11 is 0. The van der Waals surface area contributed by atoms with Gasteiger partial charge in [-0.3, -0.25) is 8.37 Å². The molecule has 0 bridgehead atoms. The van der Waals surface area contributed by atoms with E-state index in [1.54, 1.807) is 13.8 Å². The molecule has 2 unspecified atom stereocenters. The van der Waals surface area contributed by atoms with E-state index in [-0.39, 0.29) is 13.2 Å². The molecule has 0 aliphatic rings. The van der Waals surface area contributed by atoms with Crippen LogP contribution in [0.5, 0.6) is 0 Å². The first-order valence-electron chi connectivity index (χ1n) is 10.9. The maximum Gasteiger partial charge on any atom is 0.269 e. The Hall–Kier alpha value is -0.180. The molecule has 6 nitrogen and oxygen atoms in total. The molecule has 0 heterocycles. The number of unbranched alkanes of at least 4 members (excludes halogenated alkanes) is 7. The van der Waals surface area contributed by atoms with Crippen LogP contribution in [0.2, 0.25) is 0 Å². The van der Waals surface area contributed by atoms with Gasteiger partial charge in [0.2, 0.25) is 0 Å². The highest BCUT2D eigenvalue weighted by Crippen LogP contribution is 2.15. The van der Waals surface area contributed by atoms with E-state index in [1.165, 1.54) is 0 Å². The molecule has 0 fully saturated rings. The van der Waals surface area contributed by atoms with E-state index in [2.05, 4.69) is 13.8 Å². The lowest BCUT2D eigenvalue weighted by molar-refractivity contribution is 0.265. The Labute approximate surface area is 174 Å². The van der Waals surface area contributed by atoms with E-state index in [1.807, 2.05) is 0 Å². The first-order valence-corrected chi connectivity index (χ1v) is 13.9. The largest absolute Gasteiger partial charge is 0.270 e. The first-order chi connectivity index (χ1) is 13.2. The Bertz CT molecular complexity index is 520. The van der Waals surface area contributed by atoms with Gasteiger partial charge in [-0.05, 0) is 39.5 Å². The molecule has 0 N–H and O–H groups in total. The molecule has 0 saturated heterocycles. The molecule has 0 spiro atoms. The Balaban J connectivity index is 3.96. The molecule has 170 valence electrons. The fourth-order valence-electron chi connectivity index (χ4n) is 2.79. The molecule has 0 radical (unpaired) electrons. The first kappa shape index (κ1) is 27.8. The number of hydrogen-bond donors (Lipinski definition) is 0. The lowest BCUT2D eigenvalue weighted by Crippen LogP contribution is -2.22. The van der Waals surface area contributed by atoms with E-state index in [0.717, 1.165) is 51.4 Å². The van der Waals surface area contributed by atoms with Crippen LogP contribution in [-0.2, 0) is 28.6 Å². The summed E-state index contributed by atoms with van der Waals surface area (Å²) in [6.45, 7) is 7.73. The average molecular weight is 443 g/mol. The summed E-state index contributed by atoms with van der Waals surface area (Å²) in [5.41, 5.74) is 0. The van der Waals surface area contributed by atoms with E-state index >= 15 is 0 Å². The van der Waals surface area contributed by atoms with Crippen LogP contribution >= 0.6 is 0 Å². The van der Waals surface area contributed by atoms with E-state index in [0.29, 0.717) is 25.7 Å². The van der Waals surface area contributed by atoms with Crippen molar-refractivity contribution >= 4 is 20.2 Å². The van der Waals surface area contributed by atoms with Crippen molar-refractivity contribution in [2.45, 2.75) is 115 Å². The van der Waals surface area contributed by atoms with E-state index in [4.69, 9.17) is 8.37 Å². The summed E-state index contributed by atoms with van der Waals surface area (Å²) < 4.78 is 58.4. The fourth-order valence-corrected chi connectivity index (χ4v) is 4.87. The minimum Gasteiger partial charge on any atom is -0.270 e. The Morgan fingerprint density at radius 1 is 0.571 bits per heavy atom. The molecule has 0 rings (SSSR count). The Kier molecular flexibility index (Phi) is 15.5. The van der Waals surface area contributed by atoms with Crippen molar-refractivity contribution in [1.29, 1.82) is 0 Å². The monoisotopic (exact) mass is 442 g/mol. The summed E-state index contributed by atoms with van der Waals surface area (Å²) in [4.78, 5) is 0. The molecule has 0 saturated carbocycles. The fraction of sp³-hybridized carbons (Fsp3) is 1.00. The highest BCUT2D eigenvalue weighted by Gasteiger charge is 2.22. The standard InChI is InChI=1S/C20H42O6S2/c1-5-7-9-11-15-19(3)27(21,22)25-17-13-14-18-26-28(23,24)20(4)16-12-10-8-6-2/h19-20H,5-18H2,1-4H3. The van der Waals surface area contributed by atoms with Gasteiger partial charge in [-0.1, -0.05) is 65.2 Å². The van der Waals surface area contributed by atoms with Gasteiger partial charge in [-0.2, -0.15) is 16.8 Å². The van der Waals surface area contributed by atoms with Crippen molar-refractivity contribution in [2.75, 3.05) is 13.2 Å². The molecular weight excluding hydrogens is 400 g/mol. The maximum absolute atomic E-state index is 12.1. The molecule has 0 amide bonds. The lowest BCUT2D eigenvalue weighted by Gasteiger charge is -2.14. The molecule has 8 heteroatoms. The van der Waals surface area contributed by atoms with Gasteiger partial charge >= 0.3 is 0 Å². The van der Waals surface area contributed by atoms with E-state index in [9.17, 15) is 16.8 Å². The van der Waals surface area contributed by atoms with E-state index < -0.39 is 30.7 Å². The summed E-state index contributed by atoms with van der Waals surface area (Å²) in [5, 5.41) is -1.01. The van der Waals surface area contributed by atoms with Crippen molar-refractivity contribution in [3.8, 4) is 0 Å². The maximum atomic E-state index is 12.1. The Morgan fingerprint density at radius 3 is 1.25 bits per heavy atom. The second-order valence-corrected chi connectivity index (χ2v) is 11.7. The summed E-state index contributed by atoms with van der Waals surface area (Å²) in [7, 11) is -7.10. The van der Waals surface area contributed by atoms with Gasteiger partial charge in [-0.25, -0.2) is 0 Å². The van der Waals surface area contributed by atoms with Crippen LogP contribution in [0, 0.1) is 0 Å². The molecule has 0 aliphatic heterocycles. The topological polar surface area (TPSA) is 86.7 Å². The molecule has 28 heavy (non-hydrogen) atoms. The van der Waals surface area contributed by atoms with Crippen molar-refractivity contribution in [2.24, 2.45) is 0 Å². The predicted molar refractivity (Wildman–Crippen MR) is 115 cm³/mol. The van der Waals surface area contributed by atoms with Gasteiger partial charge in [0.05, 0.1) is 23.7 Å². The van der Waals surface area contributed by atoms with Crippen LogP contribution in [-0.4, -0.2) is 40.5 Å². The predicted octanol–water partition coefficient (Wildman–Crippen LogP) is 5.18. The van der Waals surface area contributed by atoms with Crippen LogP contribution in [0.4, 0.5) is 0 Å². The van der Waals surface area contributed by atoms with Crippen molar-refractivity contribution in [3.05, 3.63) is 0 Å². The zero-order chi connectivity index (χ0) is 21.5. The third-order valence-corrected chi connectivity index (χ3v) is 8.38. The van der Waals surface area contributed by atoms with Gasteiger partial charge in [-0.15, -0.1) is 0 Å². The highest BCUT2D eigenvalue weighted by atomic mass is 32.2. The van der Waals surface area contributed by atoms with Crippen molar-refractivity contribution in [1.82, 2.24) is 0 Å². The van der Waals surface area contributed by atoms with Crippen LogP contribution in [0.1, 0.15) is 105 Å². The van der Waals surface area contributed by atoms with Gasteiger partial charge < -0.3 is 0 Å². The van der Waals surface area contributed by atoms with Gasteiger partial charge in [0.15, 0.2) is 0 Å². The normalized spacial score (nSPS) is 14.9. The second-order valence-electron chi connectivity index (χ2n) is 7.66. The average Bonchev–Trinajstić information content (AvgIpc) is 2.64. The van der Waals surface area contributed by atoms with Crippen molar-refractivity contribution in [3.63, 3.8) is 0 Å². The molecule has 0 aromatic carbocycles. The lowest BCUT2D eigenvalue weighted by atomic mass is 10.1.